The molecule has 1 aliphatic rings. The number of carbonyl (C=O) groups excluding carboxylic acids is 3. The van der Waals surface area contributed by atoms with Gasteiger partial charge in [0.2, 0.25) is 0 Å². The first-order valence-corrected chi connectivity index (χ1v) is 8.44. The van der Waals surface area contributed by atoms with Gasteiger partial charge in [-0.2, -0.15) is 0 Å². The third-order valence-electron chi connectivity index (χ3n) is 3.99. The second-order valence-electron chi connectivity index (χ2n) is 5.82. The molecule has 3 rings (SSSR count). The van der Waals surface area contributed by atoms with Gasteiger partial charge in [0, 0.05) is 11.8 Å². The summed E-state index contributed by atoms with van der Waals surface area (Å²) in [5.41, 5.74) is 1.01. The third kappa shape index (κ3) is 4.02. The molecular formula is C20H18N2O6. The summed E-state index contributed by atoms with van der Waals surface area (Å²) in [7, 11) is 1.30. The molecule has 0 bridgehead atoms. The quantitative estimate of drug-likeness (QED) is 0.557. The Morgan fingerprint density at radius 2 is 1.82 bits per heavy atom. The van der Waals surface area contributed by atoms with Gasteiger partial charge in [-0.25, -0.2) is 4.79 Å². The van der Waals surface area contributed by atoms with Crippen LogP contribution in [0.2, 0.25) is 0 Å². The number of benzene rings is 2. The van der Waals surface area contributed by atoms with E-state index in [1.54, 1.807) is 48.5 Å². The van der Waals surface area contributed by atoms with Crippen LogP contribution in [0.4, 0.5) is 5.69 Å². The lowest BCUT2D eigenvalue weighted by Gasteiger charge is -2.14. The molecule has 0 atom stereocenters. The summed E-state index contributed by atoms with van der Waals surface area (Å²) < 4.78 is 10.5. The van der Waals surface area contributed by atoms with E-state index in [2.05, 4.69) is 5.32 Å². The number of amides is 2. The maximum absolute atomic E-state index is 12.1. The number of rotatable bonds is 7. The topological polar surface area (TPSA) is 105 Å². The van der Waals surface area contributed by atoms with Crippen LogP contribution in [-0.4, -0.2) is 48.1 Å². The van der Waals surface area contributed by atoms with Gasteiger partial charge in [0.15, 0.2) is 0 Å². The fourth-order valence-electron chi connectivity index (χ4n) is 2.63. The lowest BCUT2D eigenvalue weighted by molar-refractivity contribution is -0.137. The van der Waals surface area contributed by atoms with Gasteiger partial charge in [-0.15, -0.1) is 0 Å². The molecule has 0 saturated heterocycles. The predicted octanol–water partition coefficient (Wildman–Crippen LogP) is 1.92. The largest absolute Gasteiger partial charge is 0.465 e. The molecular weight excluding hydrogens is 364 g/mol. The normalized spacial score (nSPS) is 13.4. The zero-order chi connectivity index (χ0) is 20.1. The monoisotopic (exact) mass is 382 g/mol. The average Bonchev–Trinajstić information content (AvgIpc) is 2.97. The Hall–Kier alpha value is -3.65. The van der Waals surface area contributed by atoms with Crippen molar-refractivity contribution in [2.45, 2.75) is 0 Å². The number of methoxy groups -OCH3 is 1. The van der Waals surface area contributed by atoms with Crippen molar-refractivity contribution in [3.63, 3.8) is 0 Å². The summed E-state index contributed by atoms with van der Waals surface area (Å²) >= 11 is 0. The Labute approximate surface area is 161 Å². The number of hydrogen-bond acceptors (Lipinski definition) is 7. The number of esters is 1. The molecule has 0 saturated carbocycles. The van der Waals surface area contributed by atoms with E-state index in [0.717, 1.165) is 4.90 Å². The molecule has 0 aromatic heterocycles. The van der Waals surface area contributed by atoms with Crippen LogP contribution in [0.25, 0.3) is 0 Å². The second kappa shape index (κ2) is 8.36. The Morgan fingerprint density at radius 1 is 1.11 bits per heavy atom. The summed E-state index contributed by atoms with van der Waals surface area (Å²) in [5.74, 6) is -0.634. The van der Waals surface area contributed by atoms with Crippen molar-refractivity contribution < 1.29 is 29.0 Å². The van der Waals surface area contributed by atoms with Gasteiger partial charge < -0.3 is 19.9 Å². The number of nitrogens with one attached hydrogen (secondary N) is 1. The Morgan fingerprint density at radius 3 is 2.50 bits per heavy atom. The molecule has 28 heavy (non-hydrogen) atoms. The highest BCUT2D eigenvalue weighted by molar-refractivity contribution is 6.17. The van der Waals surface area contributed by atoms with Crippen molar-refractivity contribution in [2.75, 3.05) is 25.6 Å². The molecule has 8 heteroatoms. The van der Waals surface area contributed by atoms with Crippen molar-refractivity contribution in [2.24, 2.45) is 0 Å². The molecule has 1 aliphatic heterocycles. The first-order chi connectivity index (χ1) is 13.5. The van der Waals surface area contributed by atoms with E-state index >= 15 is 0 Å². The highest BCUT2D eigenvalue weighted by Crippen LogP contribution is 2.27. The predicted molar refractivity (Wildman–Crippen MR) is 99.8 cm³/mol. The van der Waals surface area contributed by atoms with Gasteiger partial charge in [-0.05, 0) is 36.4 Å². The van der Waals surface area contributed by atoms with Gasteiger partial charge >= 0.3 is 5.97 Å². The van der Waals surface area contributed by atoms with Crippen molar-refractivity contribution in [1.29, 1.82) is 0 Å². The fraction of sp³-hybridized carbons (Fsp3) is 0.150. The maximum atomic E-state index is 12.1. The van der Waals surface area contributed by atoms with Crippen molar-refractivity contribution in [1.82, 2.24) is 4.90 Å². The molecule has 144 valence electrons. The number of anilines is 1. The number of β-amino-alcohol motifs (C(OH)–C–C–N with tert-alkyl or cyclic N) is 1. The number of para-hydroxylation sites is 1. The van der Waals surface area contributed by atoms with Gasteiger partial charge in [-0.1, -0.05) is 12.1 Å². The minimum absolute atomic E-state index is 0.0499. The summed E-state index contributed by atoms with van der Waals surface area (Å²) in [6.45, 7) is -0.344. The first-order valence-electron chi connectivity index (χ1n) is 8.44. The maximum Gasteiger partial charge on any atom is 0.341 e. The summed E-state index contributed by atoms with van der Waals surface area (Å²) in [5, 5.41) is 11.8. The molecule has 2 aromatic rings. The van der Waals surface area contributed by atoms with E-state index in [9.17, 15) is 14.4 Å². The van der Waals surface area contributed by atoms with Crippen LogP contribution in [0, 0.1) is 0 Å². The molecule has 2 N–H and O–H groups in total. The van der Waals surface area contributed by atoms with Crippen LogP contribution in [0.5, 0.6) is 11.5 Å². The van der Waals surface area contributed by atoms with Crippen LogP contribution in [0.15, 0.2) is 60.3 Å². The zero-order valence-electron chi connectivity index (χ0n) is 15.0. The first kappa shape index (κ1) is 19.1. The minimum Gasteiger partial charge on any atom is -0.465 e. The number of ether oxygens (including phenoxy) is 2. The Bertz CT molecular complexity index is 936. The summed E-state index contributed by atoms with van der Waals surface area (Å²) in [6, 6.07) is 13.4. The number of imide groups is 1. The minimum atomic E-state index is -0.502. The molecule has 1 heterocycles. The Kier molecular flexibility index (Phi) is 5.71. The lowest BCUT2D eigenvalue weighted by Crippen LogP contribution is -2.34. The van der Waals surface area contributed by atoms with Crippen molar-refractivity contribution >= 4 is 23.5 Å². The standard InChI is InChI=1S/C20H18N2O6/c1-27-20(26)15-4-2-3-5-17(15)28-14-8-6-13(7-9-14)21-16-12-18(24)22(10-11-23)19(16)25/h2-9,12,21,23H,10-11H2,1H3. The van der Waals surface area contributed by atoms with Gasteiger partial charge in [-0.3, -0.25) is 14.5 Å². The third-order valence-corrected chi connectivity index (χ3v) is 3.99. The van der Waals surface area contributed by atoms with Crippen LogP contribution >= 0.6 is 0 Å². The van der Waals surface area contributed by atoms with Crippen molar-refractivity contribution in [3.8, 4) is 11.5 Å². The average molecular weight is 382 g/mol. The van der Waals surface area contributed by atoms with Crippen molar-refractivity contribution in [3.05, 3.63) is 65.9 Å². The molecule has 0 radical (unpaired) electrons. The van der Waals surface area contributed by atoms with E-state index in [4.69, 9.17) is 14.6 Å². The van der Waals surface area contributed by atoms with Crippen LogP contribution in [-0.2, 0) is 14.3 Å². The zero-order valence-corrected chi connectivity index (χ0v) is 15.0. The van der Waals surface area contributed by atoms with Gasteiger partial charge in [0.1, 0.15) is 22.8 Å². The molecule has 0 spiro atoms. The van der Waals surface area contributed by atoms with E-state index in [1.165, 1.54) is 13.2 Å². The van der Waals surface area contributed by atoms with Crippen LogP contribution < -0.4 is 10.1 Å². The van der Waals surface area contributed by atoms with Crippen LogP contribution in [0.3, 0.4) is 0 Å². The molecule has 0 unspecified atom stereocenters. The highest BCUT2D eigenvalue weighted by atomic mass is 16.5. The van der Waals surface area contributed by atoms with Crippen LogP contribution in [0.1, 0.15) is 10.4 Å². The number of aliphatic hydroxyl groups excluding tert-OH is 1. The number of hydrogen-bond donors (Lipinski definition) is 2. The molecule has 0 fully saturated rings. The van der Waals surface area contributed by atoms with E-state index in [0.29, 0.717) is 22.7 Å². The number of aliphatic hydroxyl groups is 1. The van der Waals surface area contributed by atoms with E-state index < -0.39 is 17.8 Å². The smallest absolute Gasteiger partial charge is 0.341 e. The Balaban J connectivity index is 1.70. The molecule has 2 amide bonds. The molecule has 8 nitrogen and oxygen atoms in total. The molecule has 2 aromatic carbocycles. The summed E-state index contributed by atoms with van der Waals surface area (Å²) in [4.78, 5) is 36.7. The number of nitrogens with zero attached hydrogens (tertiary/aromatic N) is 1. The SMILES string of the molecule is COC(=O)c1ccccc1Oc1ccc(NC2=CC(=O)N(CCO)C2=O)cc1. The summed E-state index contributed by atoms with van der Waals surface area (Å²) in [6.07, 6.45) is 1.19. The van der Waals surface area contributed by atoms with E-state index in [-0.39, 0.29) is 18.8 Å². The van der Waals surface area contributed by atoms with E-state index in [1.807, 2.05) is 0 Å². The number of carbonyl (C=O) groups is 3. The second-order valence-corrected chi connectivity index (χ2v) is 5.82. The molecule has 0 aliphatic carbocycles. The highest BCUT2D eigenvalue weighted by Gasteiger charge is 2.30. The lowest BCUT2D eigenvalue weighted by atomic mass is 10.2. The van der Waals surface area contributed by atoms with Gasteiger partial charge in [0.25, 0.3) is 11.8 Å². The van der Waals surface area contributed by atoms with Gasteiger partial charge in [0.05, 0.1) is 20.3 Å². The fourth-order valence-corrected chi connectivity index (χ4v) is 2.63.